The number of anilines is 2. The van der Waals surface area contributed by atoms with Crippen LogP contribution in [0.2, 0.25) is 0 Å². The normalized spacial score (nSPS) is 22.4. The maximum Gasteiger partial charge on any atom is 0.152 e. The molecule has 0 aliphatic carbocycles. The summed E-state index contributed by atoms with van der Waals surface area (Å²) in [5, 5.41) is 0. The van der Waals surface area contributed by atoms with Crippen LogP contribution in [0.3, 0.4) is 0 Å². The van der Waals surface area contributed by atoms with Gasteiger partial charge in [0, 0.05) is 31.9 Å². The summed E-state index contributed by atoms with van der Waals surface area (Å²) in [4.78, 5) is 9.05. The largest absolute Gasteiger partial charge is 0.396 e. The second-order valence-corrected chi connectivity index (χ2v) is 4.64. The molecular weight excluding hydrogens is 200 g/mol. The lowest BCUT2D eigenvalue weighted by Crippen LogP contribution is -2.50. The van der Waals surface area contributed by atoms with Crippen molar-refractivity contribution >= 4 is 11.5 Å². The number of piperazine rings is 1. The summed E-state index contributed by atoms with van der Waals surface area (Å²) in [6.07, 6.45) is 1.84. The molecule has 0 bridgehead atoms. The first-order valence-electron chi connectivity index (χ1n) is 5.76. The highest BCUT2D eigenvalue weighted by molar-refractivity contribution is 5.66. The molecule has 4 nitrogen and oxygen atoms in total. The van der Waals surface area contributed by atoms with Crippen molar-refractivity contribution in [1.29, 1.82) is 0 Å². The summed E-state index contributed by atoms with van der Waals surface area (Å²) >= 11 is 0. The summed E-state index contributed by atoms with van der Waals surface area (Å²) in [6, 6.07) is 2.51. The summed E-state index contributed by atoms with van der Waals surface area (Å²) in [5.74, 6) is 0.944. The van der Waals surface area contributed by atoms with E-state index in [1.54, 1.807) is 0 Å². The van der Waals surface area contributed by atoms with Crippen molar-refractivity contribution in [3.8, 4) is 0 Å². The first kappa shape index (κ1) is 11.2. The van der Waals surface area contributed by atoms with Crippen molar-refractivity contribution in [3.05, 3.63) is 17.8 Å². The number of hydrogen-bond donors (Lipinski definition) is 1. The fourth-order valence-electron chi connectivity index (χ4n) is 2.05. The predicted octanol–water partition coefficient (Wildman–Crippen LogP) is 1.11. The maximum absolute atomic E-state index is 6.08. The highest BCUT2D eigenvalue weighted by Crippen LogP contribution is 2.25. The molecule has 4 heteroatoms. The van der Waals surface area contributed by atoms with Crippen LogP contribution in [0.4, 0.5) is 11.5 Å². The van der Waals surface area contributed by atoms with Crippen LogP contribution >= 0.6 is 0 Å². The smallest absolute Gasteiger partial charge is 0.152 e. The zero-order valence-electron chi connectivity index (χ0n) is 10.3. The van der Waals surface area contributed by atoms with Crippen molar-refractivity contribution in [3.63, 3.8) is 0 Å². The zero-order chi connectivity index (χ0) is 11.7. The average molecular weight is 220 g/mol. The molecule has 1 atom stereocenters. The fraction of sp³-hybridized carbons (Fsp3) is 0.583. The van der Waals surface area contributed by atoms with Gasteiger partial charge in [0.25, 0.3) is 0 Å². The van der Waals surface area contributed by atoms with Crippen LogP contribution in [-0.4, -0.2) is 42.6 Å². The van der Waals surface area contributed by atoms with Gasteiger partial charge in [-0.25, -0.2) is 4.98 Å². The minimum absolute atomic E-state index is 0.551. The van der Waals surface area contributed by atoms with Crippen LogP contribution in [0.25, 0.3) is 0 Å². The van der Waals surface area contributed by atoms with Gasteiger partial charge in [-0.15, -0.1) is 0 Å². The zero-order valence-corrected chi connectivity index (χ0v) is 10.3. The van der Waals surface area contributed by atoms with Gasteiger partial charge in [0.05, 0.1) is 5.69 Å². The Morgan fingerprint density at radius 2 is 2.19 bits per heavy atom. The number of rotatable bonds is 1. The van der Waals surface area contributed by atoms with Gasteiger partial charge in [0.2, 0.25) is 0 Å². The van der Waals surface area contributed by atoms with E-state index in [1.165, 1.54) is 0 Å². The van der Waals surface area contributed by atoms with E-state index in [0.29, 0.717) is 6.04 Å². The summed E-state index contributed by atoms with van der Waals surface area (Å²) in [5.41, 5.74) is 8.00. The van der Waals surface area contributed by atoms with Crippen molar-refractivity contribution < 1.29 is 0 Å². The molecule has 0 radical (unpaired) electrons. The van der Waals surface area contributed by atoms with Gasteiger partial charge in [-0.3, -0.25) is 0 Å². The Bertz CT molecular complexity index is 377. The Morgan fingerprint density at radius 3 is 2.88 bits per heavy atom. The minimum Gasteiger partial charge on any atom is -0.396 e. The van der Waals surface area contributed by atoms with Crippen molar-refractivity contribution in [1.82, 2.24) is 9.88 Å². The Kier molecular flexibility index (Phi) is 3.01. The van der Waals surface area contributed by atoms with E-state index >= 15 is 0 Å². The fourth-order valence-corrected chi connectivity index (χ4v) is 2.05. The molecule has 2 heterocycles. The molecule has 2 rings (SSSR count). The van der Waals surface area contributed by atoms with Gasteiger partial charge >= 0.3 is 0 Å². The third kappa shape index (κ3) is 1.97. The van der Waals surface area contributed by atoms with E-state index in [4.69, 9.17) is 5.73 Å². The highest BCUT2D eigenvalue weighted by Gasteiger charge is 2.22. The highest BCUT2D eigenvalue weighted by atomic mass is 15.3. The molecule has 1 aliphatic rings. The van der Waals surface area contributed by atoms with Crippen LogP contribution in [0, 0.1) is 6.92 Å². The quantitative estimate of drug-likeness (QED) is 0.770. The van der Waals surface area contributed by atoms with Crippen LogP contribution < -0.4 is 10.6 Å². The Labute approximate surface area is 97.1 Å². The van der Waals surface area contributed by atoms with Crippen LogP contribution in [0.5, 0.6) is 0 Å². The van der Waals surface area contributed by atoms with Gasteiger partial charge < -0.3 is 15.5 Å². The molecular formula is C12H20N4. The van der Waals surface area contributed by atoms with Gasteiger partial charge in [0.1, 0.15) is 0 Å². The van der Waals surface area contributed by atoms with Gasteiger partial charge in [-0.1, -0.05) is 0 Å². The lowest BCUT2D eigenvalue weighted by molar-refractivity contribution is 0.233. The van der Waals surface area contributed by atoms with Gasteiger partial charge in [0.15, 0.2) is 5.82 Å². The van der Waals surface area contributed by atoms with E-state index in [-0.39, 0.29) is 0 Å². The van der Waals surface area contributed by atoms with Crippen molar-refractivity contribution in [2.45, 2.75) is 19.9 Å². The number of pyridine rings is 1. The second-order valence-electron chi connectivity index (χ2n) is 4.64. The third-order valence-electron chi connectivity index (χ3n) is 3.45. The number of aromatic nitrogens is 1. The van der Waals surface area contributed by atoms with E-state index in [1.807, 2.05) is 19.2 Å². The predicted molar refractivity (Wildman–Crippen MR) is 67.7 cm³/mol. The van der Waals surface area contributed by atoms with Crippen molar-refractivity contribution in [2.75, 3.05) is 37.3 Å². The molecule has 0 spiro atoms. The van der Waals surface area contributed by atoms with Gasteiger partial charge in [-0.2, -0.15) is 0 Å². The van der Waals surface area contributed by atoms with Crippen LogP contribution in [-0.2, 0) is 0 Å². The molecule has 16 heavy (non-hydrogen) atoms. The number of nitrogen functional groups attached to an aromatic ring is 1. The molecule has 1 aliphatic heterocycles. The Hall–Kier alpha value is -1.29. The average Bonchev–Trinajstić information content (AvgIpc) is 2.26. The molecule has 0 amide bonds. The van der Waals surface area contributed by atoms with E-state index in [9.17, 15) is 0 Å². The second kappa shape index (κ2) is 4.29. The SMILES string of the molecule is Cc1ccnc(N2CCN(C)C(C)C2)c1N. The first-order valence-corrected chi connectivity index (χ1v) is 5.76. The first-order chi connectivity index (χ1) is 7.59. The number of likely N-dealkylation sites (N-methyl/N-ethyl adjacent to an activating group) is 1. The summed E-state index contributed by atoms with van der Waals surface area (Å²) in [6.45, 7) is 7.33. The standard InChI is InChI=1S/C12H20N4/c1-9-4-5-14-12(11(9)13)16-7-6-15(3)10(2)8-16/h4-5,10H,6-8,13H2,1-3H3. The minimum atomic E-state index is 0.551. The molecule has 1 unspecified atom stereocenters. The van der Waals surface area contributed by atoms with Crippen LogP contribution in [0.1, 0.15) is 12.5 Å². The third-order valence-corrected chi connectivity index (χ3v) is 3.45. The molecule has 0 saturated carbocycles. The van der Waals surface area contributed by atoms with Crippen LogP contribution in [0.15, 0.2) is 12.3 Å². The summed E-state index contributed by atoms with van der Waals surface area (Å²) in [7, 11) is 2.16. The topological polar surface area (TPSA) is 45.4 Å². The number of hydrogen-bond acceptors (Lipinski definition) is 4. The lowest BCUT2D eigenvalue weighted by atomic mass is 10.2. The lowest BCUT2D eigenvalue weighted by Gasteiger charge is -2.38. The van der Waals surface area contributed by atoms with E-state index in [2.05, 4.69) is 28.8 Å². The summed E-state index contributed by atoms with van der Waals surface area (Å²) < 4.78 is 0. The molecule has 1 saturated heterocycles. The number of aryl methyl sites for hydroxylation is 1. The number of nitrogens with zero attached hydrogens (tertiary/aromatic N) is 3. The molecule has 2 N–H and O–H groups in total. The Morgan fingerprint density at radius 1 is 1.44 bits per heavy atom. The molecule has 1 aromatic rings. The van der Waals surface area contributed by atoms with Gasteiger partial charge in [-0.05, 0) is 32.5 Å². The van der Waals surface area contributed by atoms with E-state index < -0.39 is 0 Å². The monoisotopic (exact) mass is 220 g/mol. The van der Waals surface area contributed by atoms with E-state index in [0.717, 1.165) is 36.7 Å². The Balaban J connectivity index is 2.22. The molecule has 1 aromatic heterocycles. The maximum atomic E-state index is 6.08. The molecule has 88 valence electrons. The molecule has 1 fully saturated rings. The van der Waals surface area contributed by atoms with Crippen molar-refractivity contribution in [2.24, 2.45) is 0 Å². The molecule has 0 aromatic carbocycles. The number of nitrogens with two attached hydrogens (primary N) is 1.